The van der Waals surface area contributed by atoms with Crippen molar-refractivity contribution in [3.63, 3.8) is 0 Å². The van der Waals surface area contributed by atoms with Crippen LogP contribution in [0.25, 0.3) is 16.8 Å². The third kappa shape index (κ3) is 3.84. The zero-order chi connectivity index (χ0) is 23.9. The fourth-order valence-electron chi connectivity index (χ4n) is 3.61. The number of nitrogens with one attached hydrogen (secondary N) is 1. The Morgan fingerprint density at radius 1 is 1.12 bits per heavy atom. The van der Waals surface area contributed by atoms with E-state index in [-0.39, 0.29) is 28.0 Å². The second-order valence-electron chi connectivity index (χ2n) is 7.33. The summed E-state index contributed by atoms with van der Waals surface area (Å²) >= 11 is 0. The maximum absolute atomic E-state index is 13.8. The lowest BCUT2D eigenvalue weighted by Crippen LogP contribution is -2.34. The summed E-state index contributed by atoms with van der Waals surface area (Å²) in [6, 6.07) is 14.4. The number of aryl methyl sites for hydroxylation is 1. The van der Waals surface area contributed by atoms with Crippen molar-refractivity contribution in [3.8, 4) is 16.9 Å². The van der Waals surface area contributed by atoms with E-state index in [1.165, 1.54) is 38.1 Å². The Balaban J connectivity index is 1.92. The van der Waals surface area contributed by atoms with Crippen LogP contribution in [0.4, 0.5) is 18.9 Å². The molecule has 10 heteroatoms. The van der Waals surface area contributed by atoms with E-state index >= 15 is 0 Å². The molecule has 0 aliphatic rings. The van der Waals surface area contributed by atoms with Crippen molar-refractivity contribution in [2.75, 3.05) is 19.1 Å². The number of H-pyrrole nitrogens is 1. The van der Waals surface area contributed by atoms with Crippen molar-refractivity contribution in [3.05, 3.63) is 81.9 Å². The minimum absolute atomic E-state index is 0.0182. The van der Waals surface area contributed by atoms with Crippen molar-refractivity contribution in [2.45, 2.75) is 13.1 Å². The smallest absolute Gasteiger partial charge is 0.433 e. The van der Waals surface area contributed by atoms with Gasteiger partial charge in [0.05, 0.1) is 18.4 Å². The lowest BCUT2D eigenvalue weighted by molar-refractivity contribution is -0.140. The van der Waals surface area contributed by atoms with Gasteiger partial charge in [0.1, 0.15) is 17.0 Å². The van der Waals surface area contributed by atoms with Gasteiger partial charge in [-0.05, 0) is 24.6 Å². The second-order valence-corrected chi connectivity index (χ2v) is 7.33. The fourth-order valence-corrected chi connectivity index (χ4v) is 3.61. The van der Waals surface area contributed by atoms with Gasteiger partial charge in [-0.1, -0.05) is 36.4 Å². The quantitative estimate of drug-likeness (QED) is 0.497. The van der Waals surface area contributed by atoms with Crippen LogP contribution in [0.2, 0.25) is 0 Å². The van der Waals surface area contributed by atoms with E-state index in [0.717, 1.165) is 0 Å². The van der Waals surface area contributed by atoms with Crippen molar-refractivity contribution >= 4 is 17.2 Å². The van der Waals surface area contributed by atoms with Crippen LogP contribution in [-0.2, 0) is 6.18 Å². The molecule has 1 N–H and O–H groups in total. The summed E-state index contributed by atoms with van der Waals surface area (Å²) in [6.45, 7) is 1.42. The van der Waals surface area contributed by atoms with Crippen LogP contribution in [-0.4, -0.2) is 34.7 Å². The molecule has 1 amide bonds. The number of halogens is 3. The number of methoxy groups -OCH3 is 1. The first-order valence-corrected chi connectivity index (χ1v) is 9.83. The molecule has 0 spiro atoms. The summed E-state index contributed by atoms with van der Waals surface area (Å²) in [5.74, 6) is -0.210. The summed E-state index contributed by atoms with van der Waals surface area (Å²) in [5, 5.41) is 2.12. The van der Waals surface area contributed by atoms with E-state index in [1.54, 1.807) is 42.5 Å². The molecule has 33 heavy (non-hydrogen) atoms. The number of aromatic nitrogens is 3. The molecule has 4 rings (SSSR count). The summed E-state index contributed by atoms with van der Waals surface area (Å²) in [7, 11) is 2.93. The Morgan fingerprint density at radius 2 is 1.82 bits per heavy atom. The number of carbonyl (C=O) groups excluding carboxylic acids is 1. The summed E-state index contributed by atoms with van der Waals surface area (Å²) in [6.07, 6.45) is -4.78. The van der Waals surface area contributed by atoms with Gasteiger partial charge in [-0.25, -0.2) is 4.98 Å². The number of amides is 1. The van der Waals surface area contributed by atoms with Crippen molar-refractivity contribution < 1.29 is 22.7 Å². The number of ether oxygens (including phenoxy) is 1. The van der Waals surface area contributed by atoms with Crippen molar-refractivity contribution in [1.29, 1.82) is 0 Å². The topological polar surface area (TPSA) is 79.7 Å². The number of aromatic amines is 1. The Morgan fingerprint density at radius 3 is 2.45 bits per heavy atom. The van der Waals surface area contributed by atoms with E-state index in [1.807, 2.05) is 0 Å². The lowest BCUT2D eigenvalue weighted by atomic mass is 10.1. The molecule has 0 aliphatic heterocycles. The van der Waals surface area contributed by atoms with E-state index in [9.17, 15) is 22.8 Å². The largest absolute Gasteiger partial charge is 0.497 e. The van der Waals surface area contributed by atoms with Crippen LogP contribution in [0.3, 0.4) is 0 Å². The summed E-state index contributed by atoms with van der Waals surface area (Å²) in [5.41, 5.74) is -2.16. The first kappa shape index (κ1) is 22.1. The number of carbonyl (C=O) groups is 1. The van der Waals surface area contributed by atoms with Gasteiger partial charge < -0.3 is 9.64 Å². The molecule has 0 fully saturated rings. The minimum Gasteiger partial charge on any atom is -0.497 e. The number of anilines is 1. The highest BCUT2D eigenvalue weighted by atomic mass is 19.4. The van der Waals surface area contributed by atoms with E-state index in [2.05, 4.69) is 10.1 Å². The first-order chi connectivity index (χ1) is 15.6. The average molecular weight is 456 g/mol. The molecule has 170 valence electrons. The van der Waals surface area contributed by atoms with Crippen LogP contribution >= 0.6 is 0 Å². The highest BCUT2D eigenvalue weighted by Crippen LogP contribution is 2.38. The first-order valence-electron chi connectivity index (χ1n) is 9.83. The Kier molecular flexibility index (Phi) is 5.44. The zero-order valence-corrected chi connectivity index (χ0v) is 17.9. The predicted octanol–water partition coefficient (Wildman–Crippen LogP) is 4.30. The molecular weight excluding hydrogens is 437 g/mol. The minimum atomic E-state index is -4.78. The summed E-state index contributed by atoms with van der Waals surface area (Å²) in [4.78, 5) is 31.9. The second kappa shape index (κ2) is 8.12. The van der Waals surface area contributed by atoms with E-state index in [0.29, 0.717) is 16.0 Å². The lowest BCUT2D eigenvalue weighted by Gasteiger charge is -2.18. The molecule has 0 radical (unpaired) electrons. The van der Waals surface area contributed by atoms with Gasteiger partial charge in [0.2, 0.25) is 0 Å². The average Bonchev–Trinajstić information content (AvgIpc) is 3.19. The zero-order valence-electron chi connectivity index (χ0n) is 17.9. The van der Waals surface area contributed by atoms with Crippen molar-refractivity contribution in [2.24, 2.45) is 0 Å². The number of fused-ring (bicyclic) bond motifs is 1. The number of rotatable bonds is 4. The SMILES string of the molecule is COc1cccc(N(C)C(=O)c2c(C)nc3c(-c4ccccc4)c(C(F)(F)F)[nH]n3c2=O)c1. The van der Waals surface area contributed by atoms with Gasteiger partial charge >= 0.3 is 6.18 Å². The Labute approximate surface area is 186 Å². The van der Waals surface area contributed by atoms with E-state index in [4.69, 9.17) is 4.74 Å². The molecule has 0 saturated heterocycles. The third-order valence-corrected chi connectivity index (χ3v) is 5.27. The summed E-state index contributed by atoms with van der Waals surface area (Å²) < 4.78 is 47.3. The molecule has 4 aromatic rings. The molecule has 7 nitrogen and oxygen atoms in total. The maximum Gasteiger partial charge on any atom is 0.433 e. The third-order valence-electron chi connectivity index (χ3n) is 5.27. The maximum atomic E-state index is 13.8. The van der Waals surface area contributed by atoms with E-state index < -0.39 is 23.3 Å². The van der Waals surface area contributed by atoms with Crippen LogP contribution in [0, 0.1) is 6.92 Å². The number of hydrogen-bond donors (Lipinski definition) is 1. The molecular formula is C23H19F3N4O3. The van der Waals surface area contributed by atoms with Gasteiger partial charge in [-0.15, -0.1) is 0 Å². The van der Waals surface area contributed by atoms with Crippen LogP contribution < -0.4 is 15.2 Å². The molecule has 0 atom stereocenters. The van der Waals surface area contributed by atoms with Gasteiger partial charge in [-0.3, -0.25) is 14.7 Å². The molecule has 0 bridgehead atoms. The normalized spacial score (nSPS) is 11.6. The monoisotopic (exact) mass is 456 g/mol. The molecule has 0 saturated carbocycles. The molecule has 0 aliphatic carbocycles. The van der Waals surface area contributed by atoms with Gasteiger partial charge in [0.25, 0.3) is 11.5 Å². The standard InChI is InChI=1S/C23H19F3N4O3/c1-13-17(21(31)29(2)15-10-7-11-16(12-15)33-3)22(32)30-20(27-13)18(14-8-5-4-6-9-14)19(28-30)23(24,25)26/h4-12,28H,1-3H3. The molecule has 2 aromatic carbocycles. The number of nitrogens with zero attached hydrogens (tertiary/aromatic N) is 3. The van der Waals surface area contributed by atoms with Crippen LogP contribution in [0.15, 0.2) is 59.4 Å². The van der Waals surface area contributed by atoms with Gasteiger partial charge in [0.15, 0.2) is 5.65 Å². The number of benzene rings is 2. The van der Waals surface area contributed by atoms with Crippen LogP contribution in [0.1, 0.15) is 21.7 Å². The highest BCUT2D eigenvalue weighted by molar-refractivity contribution is 6.06. The van der Waals surface area contributed by atoms with Gasteiger partial charge in [-0.2, -0.15) is 17.7 Å². The van der Waals surface area contributed by atoms with Gasteiger partial charge in [0, 0.05) is 18.8 Å². The Hall–Kier alpha value is -4.08. The number of hydrogen-bond acceptors (Lipinski definition) is 4. The molecule has 2 aromatic heterocycles. The number of alkyl halides is 3. The molecule has 2 heterocycles. The highest BCUT2D eigenvalue weighted by Gasteiger charge is 2.38. The predicted molar refractivity (Wildman–Crippen MR) is 117 cm³/mol. The van der Waals surface area contributed by atoms with Crippen molar-refractivity contribution in [1.82, 2.24) is 14.6 Å². The van der Waals surface area contributed by atoms with Crippen LogP contribution in [0.5, 0.6) is 5.75 Å². The Bertz CT molecular complexity index is 1410. The molecule has 0 unspecified atom stereocenters. The fraction of sp³-hybridized carbons (Fsp3) is 0.174.